The van der Waals surface area contributed by atoms with E-state index in [-0.39, 0.29) is 5.54 Å². The van der Waals surface area contributed by atoms with Crippen molar-refractivity contribution in [2.45, 2.75) is 58.5 Å². The second-order valence-corrected chi connectivity index (χ2v) is 6.08. The SMILES string of the molecule is CC(C)(C)NCCN1CCCC1(C)C. The molecular weight excluding hydrogens is 172 g/mol. The smallest absolute Gasteiger partial charge is 0.0154 e. The van der Waals surface area contributed by atoms with Gasteiger partial charge in [0.1, 0.15) is 0 Å². The number of hydrogen-bond acceptors (Lipinski definition) is 2. The van der Waals surface area contributed by atoms with Crippen molar-refractivity contribution >= 4 is 0 Å². The van der Waals surface area contributed by atoms with Gasteiger partial charge >= 0.3 is 0 Å². The van der Waals surface area contributed by atoms with Crippen molar-refractivity contribution in [2.75, 3.05) is 19.6 Å². The molecule has 0 radical (unpaired) electrons. The van der Waals surface area contributed by atoms with Gasteiger partial charge in [0.05, 0.1) is 0 Å². The van der Waals surface area contributed by atoms with Crippen molar-refractivity contribution in [3.8, 4) is 0 Å². The first kappa shape index (κ1) is 12.0. The van der Waals surface area contributed by atoms with E-state index in [1.165, 1.54) is 25.9 Å². The van der Waals surface area contributed by atoms with Crippen LogP contribution in [0.3, 0.4) is 0 Å². The maximum Gasteiger partial charge on any atom is 0.0154 e. The minimum Gasteiger partial charge on any atom is -0.311 e. The van der Waals surface area contributed by atoms with Gasteiger partial charge in [0.15, 0.2) is 0 Å². The van der Waals surface area contributed by atoms with Crippen molar-refractivity contribution in [2.24, 2.45) is 0 Å². The van der Waals surface area contributed by atoms with Gasteiger partial charge in [-0.3, -0.25) is 4.90 Å². The number of nitrogens with zero attached hydrogens (tertiary/aromatic N) is 1. The van der Waals surface area contributed by atoms with Crippen LogP contribution in [0.2, 0.25) is 0 Å². The molecule has 1 fully saturated rings. The summed E-state index contributed by atoms with van der Waals surface area (Å²) in [5.74, 6) is 0. The Bertz CT molecular complexity index is 179. The fraction of sp³-hybridized carbons (Fsp3) is 1.00. The van der Waals surface area contributed by atoms with Crippen LogP contribution in [0.4, 0.5) is 0 Å². The molecule has 1 aliphatic rings. The normalized spacial score (nSPS) is 22.9. The zero-order valence-electron chi connectivity index (χ0n) is 10.5. The molecule has 0 atom stereocenters. The number of likely N-dealkylation sites (tertiary alicyclic amines) is 1. The molecule has 2 nitrogen and oxygen atoms in total. The molecule has 84 valence electrons. The zero-order chi connectivity index (χ0) is 10.8. The first-order chi connectivity index (χ1) is 6.31. The van der Waals surface area contributed by atoms with Crippen LogP contribution in [0.1, 0.15) is 47.5 Å². The summed E-state index contributed by atoms with van der Waals surface area (Å²) in [7, 11) is 0. The highest BCUT2D eigenvalue weighted by Gasteiger charge is 2.31. The van der Waals surface area contributed by atoms with E-state index in [1.54, 1.807) is 0 Å². The van der Waals surface area contributed by atoms with Gasteiger partial charge in [-0.15, -0.1) is 0 Å². The molecule has 0 spiro atoms. The lowest BCUT2D eigenvalue weighted by atomic mass is 10.0. The third-order valence-electron chi connectivity index (χ3n) is 3.11. The van der Waals surface area contributed by atoms with E-state index >= 15 is 0 Å². The first-order valence-corrected chi connectivity index (χ1v) is 5.81. The van der Waals surface area contributed by atoms with Gasteiger partial charge in [-0.1, -0.05) is 0 Å². The molecule has 0 amide bonds. The molecule has 0 aliphatic carbocycles. The van der Waals surface area contributed by atoms with E-state index in [2.05, 4.69) is 44.8 Å². The molecule has 0 bridgehead atoms. The number of rotatable bonds is 3. The largest absolute Gasteiger partial charge is 0.311 e. The lowest BCUT2D eigenvalue weighted by Crippen LogP contribution is -2.45. The predicted octanol–water partition coefficient (Wildman–Crippen LogP) is 2.25. The minimum absolute atomic E-state index is 0.254. The molecular formula is C12H26N2. The van der Waals surface area contributed by atoms with E-state index < -0.39 is 0 Å². The Morgan fingerprint density at radius 3 is 2.36 bits per heavy atom. The highest BCUT2D eigenvalue weighted by molar-refractivity contribution is 4.88. The lowest BCUT2D eigenvalue weighted by Gasteiger charge is -2.32. The maximum atomic E-state index is 3.54. The Kier molecular flexibility index (Phi) is 3.59. The Labute approximate surface area is 89.1 Å². The highest BCUT2D eigenvalue weighted by atomic mass is 15.2. The molecule has 1 heterocycles. The quantitative estimate of drug-likeness (QED) is 0.748. The van der Waals surface area contributed by atoms with Gasteiger partial charge in [0.2, 0.25) is 0 Å². The van der Waals surface area contributed by atoms with Crippen molar-refractivity contribution < 1.29 is 0 Å². The van der Waals surface area contributed by atoms with Gasteiger partial charge in [-0.25, -0.2) is 0 Å². The summed E-state index contributed by atoms with van der Waals surface area (Å²) in [6.45, 7) is 15.0. The van der Waals surface area contributed by atoms with Crippen LogP contribution in [0.25, 0.3) is 0 Å². The average molecular weight is 198 g/mol. The van der Waals surface area contributed by atoms with E-state index in [0.717, 1.165) is 6.54 Å². The van der Waals surface area contributed by atoms with Crippen LogP contribution in [0.5, 0.6) is 0 Å². The summed E-state index contributed by atoms with van der Waals surface area (Å²) >= 11 is 0. The minimum atomic E-state index is 0.254. The van der Waals surface area contributed by atoms with Crippen LogP contribution in [-0.2, 0) is 0 Å². The molecule has 2 heteroatoms. The molecule has 1 rings (SSSR count). The average Bonchev–Trinajstić information content (AvgIpc) is 2.28. The van der Waals surface area contributed by atoms with Gasteiger partial charge in [0.25, 0.3) is 0 Å². The summed E-state index contributed by atoms with van der Waals surface area (Å²) in [5, 5.41) is 3.54. The van der Waals surface area contributed by atoms with Crippen molar-refractivity contribution in [3.63, 3.8) is 0 Å². The van der Waals surface area contributed by atoms with Gasteiger partial charge in [0, 0.05) is 24.2 Å². The van der Waals surface area contributed by atoms with Crippen LogP contribution in [-0.4, -0.2) is 35.6 Å². The van der Waals surface area contributed by atoms with Gasteiger partial charge in [-0.05, 0) is 54.0 Å². The van der Waals surface area contributed by atoms with Crippen LogP contribution in [0.15, 0.2) is 0 Å². The van der Waals surface area contributed by atoms with Crippen molar-refractivity contribution in [3.05, 3.63) is 0 Å². The number of nitrogens with one attached hydrogen (secondary N) is 1. The Hall–Kier alpha value is -0.0800. The lowest BCUT2D eigenvalue weighted by molar-refractivity contribution is 0.171. The molecule has 1 saturated heterocycles. The van der Waals surface area contributed by atoms with Crippen molar-refractivity contribution in [1.29, 1.82) is 0 Å². The summed E-state index contributed by atoms with van der Waals surface area (Å²) < 4.78 is 0. The molecule has 0 aromatic rings. The molecule has 1 N–H and O–H groups in total. The summed E-state index contributed by atoms with van der Waals surface area (Å²) in [5.41, 5.74) is 0.684. The van der Waals surface area contributed by atoms with Crippen LogP contribution < -0.4 is 5.32 Å². The first-order valence-electron chi connectivity index (χ1n) is 5.81. The number of hydrogen-bond donors (Lipinski definition) is 1. The zero-order valence-corrected chi connectivity index (χ0v) is 10.5. The van der Waals surface area contributed by atoms with Crippen molar-refractivity contribution in [1.82, 2.24) is 10.2 Å². The second-order valence-electron chi connectivity index (χ2n) is 6.08. The van der Waals surface area contributed by atoms with E-state index in [1.807, 2.05) is 0 Å². The van der Waals surface area contributed by atoms with E-state index in [9.17, 15) is 0 Å². The molecule has 0 saturated carbocycles. The molecule has 0 unspecified atom stereocenters. The topological polar surface area (TPSA) is 15.3 Å². The summed E-state index contributed by atoms with van der Waals surface area (Å²) in [6, 6.07) is 0. The highest BCUT2D eigenvalue weighted by Crippen LogP contribution is 2.27. The Balaban J connectivity index is 2.25. The van der Waals surface area contributed by atoms with Gasteiger partial charge in [-0.2, -0.15) is 0 Å². The molecule has 14 heavy (non-hydrogen) atoms. The van der Waals surface area contributed by atoms with Crippen LogP contribution >= 0.6 is 0 Å². The molecule has 0 aromatic carbocycles. The van der Waals surface area contributed by atoms with E-state index in [4.69, 9.17) is 0 Å². The van der Waals surface area contributed by atoms with E-state index in [0.29, 0.717) is 5.54 Å². The van der Waals surface area contributed by atoms with Gasteiger partial charge < -0.3 is 5.32 Å². The molecule has 0 aromatic heterocycles. The third kappa shape index (κ3) is 3.58. The Morgan fingerprint density at radius 1 is 1.29 bits per heavy atom. The second kappa shape index (κ2) is 4.19. The predicted molar refractivity (Wildman–Crippen MR) is 62.6 cm³/mol. The molecule has 1 aliphatic heterocycles. The monoisotopic (exact) mass is 198 g/mol. The maximum absolute atomic E-state index is 3.54. The summed E-state index contributed by atoms with van der Waals surface area (Å²) in [6.07, 6.45) is 2.71. The fourth-order valence-electron chi connectivity index (χ4n) is 2.14. The van der Waals surface area contributed by atoms with Crippen LogP contribution in [0, 0.1) is 0 Å². The third-order valence-corrected chi connectivity index (χ3v) is 3.11. The Morgan fingerprint density at radius 2 is 1.93 bits per heavy atom. The fourth-order valence-corrected chi connectivity index (χ4v) is 2.14. The standard InChI is InChI=1S/C12H26N2/c1-11(2,3)13-8-10-14-9-6-7-12(14,4)5/h13H,6-10H2,1-5H3. The summed E-state index contributed by atoms with van der Waals surface area (Å²) in [4.78, 5) is 2.60.